The smallest absolute Gasteiger partial charge is 0.120 e. The molecule has 1 heterocycles. The number of rotatable bonds is 9. The molecule has 0 spiro atoms. The maximum absolute atomic E-state index is 5.72. The monoisotopic (exact) mass is 291 g/mol. The minimum absolute atomic E-state index is 0.199. The maximum Gasteiger partial charge on any atom is 0.120 e. The number of methoxy groups -OCH3 is 1. The Hall–Kier alpha value is -1.52. The molecule has 21 heavy (non-hydrogen) atoms. The topological polar surface area (TPSA) is 32.6 Å². The molecule has 2 rings (SSSR count). The van der Waals surface area contributed by atoms with Crippen molar-refractivity contribution in [2.45, 2.75) is 32.9 Å². The summed E-state index contributed by atoms with van der Waals surface area (Å²) >= 11 is 0. The lowest BCUT2D eigenvalue weighted by Gasteiger charge is -2.10. The van der Waals surface area contributed by atoms with Crippen molar-refractivity contribution in [2.75, 3.05) is 26.9 Å². The molecule has 1 aromatic heterocycles. The lowest BCUT2D eigenvalue weighted by Crippen LogP contribution is -2.07. The predicted molar refractivity (Wildman–Crippen MR) is 85.0 cm³/mol. The molecule has 0 saturated carbocycles. The van der Waals surface area contributed by atoms with Gasteiger partial charge in [0.15, 0.2) is 0 Å². The quantitative estimate of drug-likeness (QED) is 0.663. The van der Waals surface area contributed by atoms with Crippen molar-refractivity contribution < 1.29 is 14.2 Å². The van der Waals surface area contributed by atoms with Crippen LogP contribution < -0.4 is 4.74 Å². The summed E-state index contributed by atoms with van der Waals surface area (Å²) in [5.74, 6) is 0.922. The fourth-order valence-electron chi connectivity index (χ4n) is 2.29. The number of hydrogen-bond donors (Lipinski definition) is 0. The minimum atomic E-state index is 0.199. The van der Waals surface area contributed by atoms with E-state index in [1.54, 1.807) is 7.11 Å². The van der Waals surface area contributed by atoms with Gasteiger partial charge in [-0.05, 0) is 44.5 Å². The van der Waals surface area contributed by atoms with Crippen molar-refractivity contribution in [3.63, 3.8) is 0 Å². The molecule has 0 fully saturated rings. The summed E-state index contributed by atoms with van der Waals surface area (Å²) < 4.78 is 18.5. The molecule has 0 amide bonds. The van der Waals surface area contributed by atoms with Gasteiger partial charge in [0.2, 0.25) is 0 Å². The highest BCUT2D eigenvalue weighted by Crippen LogP contribution is 2.22. The third-order valence-electron chi connectivity index (χ3n) is 3.23. The van der Waals surface area contributed by atoms with E-state index in [1.165, 1.54) is 10.9 Å². The van der Waals surface area contributed by atoms with Crippen molar-refractivity contribution in [1.29, 1.82) is 0 Å². The van der Waals surface area contributed by atoms with Gasteiger partial charge < -0.3 is 18.8 Å². The first kappa shape index (κ1) is 15.9. The van der Waals surface area contributed by atoms with E-state index >= 15 is 0 Å². The van der Waals surface area contributed by atoms with Gasteiger partial charge >= 0.3 is 0 Å². The number of fused-ring (bicyclic) bond motifs is 1. The summed E-state index contributed by atoms with van der Waals surface area (Å²) in [6, 6.07) is 8.34. The maximum atomic E-state index is 5.72. The van der Waals surface area contributed by atoms with Crippen molar-refractivity contribution in [2.24, 2.45) is 0 Å². The third kappa shape index (κ3) is 4.76. The van der Waals surface area contributed by atoms with E-state index in [0.717, 1.165) is 38.5 Å². The summed E-state index contributed by atoms with van der Waals surface area (Å²) in [6.07, 6.45) is 3.24. The molecule has 0 saturated heterocycles. The Kier molecular flexibility index (Phi) is 6.08. The molecule has 1 aromatic carbocycles. The Bertz CT molecular complexity index is 548. The predicted octanol–water partition coefficient (Wildman–Crippen LogP) is 3.48. The van der Waals surface area contributed by atoms with Crippen LogP contribution in [0.25, 0.3) is 10.9 Å². The molecule has 0 unspecified atom stereocenters. The Labute approximate surface area is 126 Å². The van der Waals surface area contributed by atoms with E-state index in [4.69, 9.17) is 14.2 Å². The molecule has 2 aromatic rings. The van der Waals surface area contributed by atoms with E-state index in [-0.39, 0.29) is 6.10 Å². The zero-order chi connectivity index (χ0) is 15.1. The highest BCUT2D eigenvalue weighted by Gasteiger charge is 2.04. The molecule has 0 bridgehead atoms. The van der Waals surface area contributed by atoms with Gasteiger partial charge in [0.25, 0.3) is 0 Å². The van der Waals surface area contributed by atoms with Gasteiger partial charge in [0.05, 0.1) is 12.7 Å². The Morgan fingerprint density at radius 2 is 1.95 bits per heavy atom. The number of hydrogen-bond acceptors (Lipinski definition) is 3. The van der Waals surface area contributed by atoms with Gasteiger partial charge in [-0.2, -0.15) is 0 Å². The minimum Gasteiger partial charge on any atom is -0.491 e. The number of benzene rings is 1. The van der Waals surface area contributed by atoms with Gasteiger partial charge in [-0.1, -0.05) is 0 Å². The second-order valence-corrected chi connectivity index (χ2v) is 5.36. The summed E-state index contributed by atoms with van der Waals surface area (Å²) in [6.45, 7) is 7.16. The van der Waals surface area contributed by atoms with Crippen LogP contribution in [0.5, 0.6) is 5.75 Å². The van der Waals surface area contributed by atoms with E-state index in [2.05, 4.69) is 29.0 Å². The summed E-state index contributed by atoms with van der Waals surface area (Å²) in [7, 11) is 1.71. The van der Waals surface area contributed by atoms with Crippen molar-refractivity contribution in [1.82, 2.24) is 4.57 Å². The SMILES string of the molecule is COCCCOCCn1ccc2cc(OC(C)C)ccc21. The van der Waals surface area contributed by atoms with Crippen LogP contribution in [0.15, 0.2) is 30.5 Å². The molecule has 4 heteroatoms. The van der Waals surface area contributed by atoms with Crippen LogP contribution in [0.1, 0.15) is 20.3 Å². The zero-order valence-corrected chi connectivity index (χ0v) is 13.2. The van der Waals surface area contributed by atoms with Crippen LogP contribution in [0.4, 0.5) is 0 Å². The van der Waals surface area contributed by atoms with Crippen molar-refractivity contribution >= 4 is 10.9 Å². The molecule has 0 aliphatic carbocycles. The average molecular weight is 291 g/mol. The zero-order valence-electron chi connectivity index (χ0n) is 13.2. The second kappa shape index (κ2) is 8.05. The molecule has 0 aliphatic heterocycles. The van der Waals surface area contributed by atoms with Crippen LogP contribution in [-0.4, -0.2) is 37.6 Å². The van der Waals surface area contributed by atoms with Crippen LogP contribution in [0, 0.1) is 0 Å². The number of aromatic nitrogens is 1. The number of nitrogens with zero attached hydrogens (tertiary/aromatic N) is 1. The fourth-order valence-corrected chi connectivity index (χ4v) is 2.29. The molecule has 0 aliphatic rings. The largest absolute Gasteiger partial charge is 0.491 e. The van der Waals surface area contributed by atoms with Crippen LogP contribution >= 0.6 is 0 Å². The summed E-state index contributed by atoms with van der Waals surface area (Å²) in [4.78, 5) is 0. The van der Waals surface area contributed by atoms with Gasteiger partial charge in [-0.3, -0.25) is 0 Å². The second-order valence-electron chi connectivity index (χ2n) is 5.36. The molecule has 0 radical (unpaired) electrons. The van der Waals surface area contributed by atoms with Gasteiger partial charge in [-0.15, -0.1) is 0 Å². The lowest BCUT2D eigenvalue weighted by atomic mass is 10.2. The Morgan fingerprint density at radius 1 is 1.10 bits per heavy atom. The lowest BCUT2D eigenvalue weighted by molar-refractivity contribution is 0.0982. The van der Waals surface area contributed by atoms with Crippen LogP contribution in [0.3, 0.4) is 0 Å². The molecule has 0 atom stereocenters. The van der Waals surface area contributed by atoms with Gasteiger partial charge in [0, 0.05) is 44.0 Å². The highest BCUT2D eigenvalue weighted by molar-refractivity contribution is 5.81. The first-order valence-corrected chi connectivity index (χ1v) is 7.53. The molecular weight excluding hydrogens is 266 g/mol. The molecule has 116 valence electrons. The van der Waals surface area contributed by atoms with E-state index in [0.29, 0.717) is 0 Å². The highest BCUT2D eigenvalue weighted by atomic mass is 16.5. The number of ether oxygens (including phenoxy) is 3. The molecular formula is C17H25NO3. The summed E-state index contributed by atoms with van der Waals surface area (Å²) in [5.41, 5.74) is 1.21. The standard InChI is InChI=1S/C17H25NO3/c1-14(2)21-16-5-6-17-15(13-16)7-8-18(17)9-12-20-11-4-10-19-3/h5-8,13-14H,4,9-12H2,1-3H3. The van der Waals surface area contributed by atoms with Crippen molar-refractivity contribution in [3.05, 3.63) is 30.5 Å². The van der Waals surface area contributed by atoms with E-state index < -0.39 is 0 Å². The Morgan fingerprint density at radius 3 is 2.71 bits per heavy atom. The average Bonchev–Trinajstić information content (AvgIpc) is 2.84. The fraction of sp³-hybridized carbons (Fsp3) is 0.529. The van der Waals surface area contributed by atoms with Crippen LogP contribution in [0.2, 0.25) is 0 Å². The normalized spacial score (nSPS) is 11.4. The Balaban J connectivity index is 1.89. The van der Waals surface area contributed by atoms with E-state index in [1.807, 2.05) is 19.9 Å². The van der Waals surface area contributed by atoms with Crippen molar-refractivity contribution in [3.8, 4) is 5.75 Å². The third-order valence-corrected chi connectivity index (χ3v) is 3.23. The molecule has 0 N–H and O–H groups in total. The summed E-state index contributed by atoms with van der Waals surface area (Å²) in [5, 5.41) is 1.20. The van der Waals surface area contributed by atoms with Gasteiger partial charge in [-0.25, -0.2) is 0 Å². The van der Waals surface area contributed by atoms with Gasteiger partial charge in [0.1, 0.15) is 5.75 Å². The first-order valence-electron chi connectivity index (χ1n) is 7.53. The van der Waals surface area contributed by atoms with E-state index in [9.17, 15) is 0 Å². The first-order chi connectivity index (χ1) is 10.2. The van der Waals surface area contributed by atoms with Crippen LogP contribution in [-0.2, 0) is 16.0 Å². The molecule has 4 nitrogen and oxygen atoms in total.